The van der Waals surface area contributed by atoms with E-state index in [4.69, 9.17) is 4.74 Å². The van der Waals surface area contributed by atoms with Crippen molar-refractivity contribution in [2.75, 3.05) is 13.2 Å². The smallest absolute Gasteiger partial charge is 0.123 e. The molecule has 3 atom stereocenters. The number of ether oxygens (including phenoxy) is 1. The van der Waals surface area contributed by atoms with Crippen LogP contribution in [0.3, 0.4) is 0 Å². The summed E-state index contributed by atoms with van der Waals surface area (Å²) in [5.74, 6) is 0.519. The summed E-state index contributed by atoms with van der Waals surface area (Å²) in [6, 6.07) is 7.35. The van der Waals surface area contributed by atoms with Crippen LogP contribution in [0.4, 0.5) is 4.39 Å². The molecule has 1 aromatic carbocycles. The Kier molecular flexibility index (Phi) is 3.35. The Balaban J connectivity index is 1.51. The van der Waals surface area contributed by atoms with Crippen LogP contribution in [0.1, 0.15) is 25.8 Å². The van der Waals surface area contributed by atoms with Gasteiger partial charge in [-0.3, -0.25) is 0 Å². The third-order valence-electron chi connectivity index (χ3n) is 4.79. The van der Waals surface area contributed by atoms with Crippen LogP contribution in [0.5, 0.6) is 0 Å². The number of fused-ring (bicyclic) bond motifs is 1. The van der Waals surface area contributed by atoms with Gasteiger partial charge in [0.15, 0.2) is 0 Å². The lowest BCUT2D eigenvalue weighted by Gasteiger charge is -2.55. The Morgan fingerprint density at radius 1 is 1.32 bits per heavy atom. The van der Waals surface area contributed by atoms with Gasteiger partial charge in [0, 0.05) is 24.0 Å². The Morgan fingerprint density at radius 3 is 2.79 bits per heavy atom. The average molecular weight is 263 g/mol. The van der Waals surface area contributed by atoms with Crippen molar-refractivity contribution in [1.29, 1.82) is 0 Å². The Labute approximate surface area is 114 Å². The van der Waals surface area contributed by atoms with Crippen LogP contribution in [0, 0.1) is 17.2 Å². The summed E-state index contributed by atoms with van der Waals surface area (Å²) in [4.78, 5) is 0. The maximum absolute atomic E-state index is 12.8. The molecule has 2 nitrogen and oxygen atoms in total. The first-order chi connectivity index (χ1) is 9.09. The van der Waals surface area contributed by atoms with Gasteiger partial charge < -0.3 is 10.1 Å². The quantitative estimate of drug-likeness (QED) is 0.902. The summed E-state index contributed by atoms with van der Waals surface area (Å²) in [6.45, 7) is 6.43. The van der Waals surface area contributed by atoms with Crippen molar-refractivity contribution in [3.05, 3.63) is 35.6 Å². The fraction of sp³-hybridized carbons (Fsp3) is 0.625. The summed E-state index contributed by atoms with van der Waals surface area (Å²) < 4.78 is 18.6. The summed E-state index contributed by atoms with van der Waals surface area (Å²) >= 11 is 0. The highest BCUT2D eigenvalue weighted by atomic mass is 19.1. The fourth-order valence-corrected chi connectivity index (χ4v) is 3.76. The van der Waals surface area contributed by atoms with Crippen LogP contribution in [0.2, 0.25) is 0 Å². The van der Waals surface area contributed by atoms with Crippen LogP contribution in [0.15, 0.2) is 24.3 Å². The van der Waals surface area contributed by atoms with E-state index in [1.165, 1.54) is 24.1 Å². The minimum Gasteiger partial charge on any atom is -0.377 e. The van der Waals surface area contributed by atoms with Crippen molar-refractivity contribution >= 4 is 0 Å². The van der Waals surface area contributed by atoms with Crippen LogP contribution >= 0.6 is 0 Å². The van der Waals surface area contributed by atoms with E-state index in [1.807, 2.05) is 12.1 Å². The van der Waals surface area contributed by atoms with Gasteiger partial charge in [0.05, 0.1) is 6.10 Å². The van der Waals surface area contributed by atoms with Crippen LogP contribution in [-0.2, 0) is 11.2 Å². The molecule has 0 spiro atoms. The molecule has 1 saturated heterocycles. The largest absolute Gasteiger partial charge is 0.377 e. The Morgan fingerprint density at radius 2 is 2.05 bits per heavy atom. The summed E-state index contributed by atoms with van der Waals surface area (Å²) in [5.41, 5.74) is 1.43. The molecule has 1 saturated carbocycles. The molecule has 1 aromatic rings. The number of hydrogen-bond donors (Lipinski definition) is 1. The van der Waals surface area contributed by atoms with E-state index in [0.29, 0.717) is 18.1 Å². The summed E-state index contributed by atoms with van der Waals surface area (Å²) in [5, 5.41) is 3.67. The molecule has 19 heavy (non-hydrogen) atoms. The second-order valence-electron chi connectivity index (χ2n) is 6.37. The van der Waals surface area contributed by atoms with Crippen LogP contribution in [0.25, 0.3) is 0 Å². The third kappa shape index (κ3) is 2.30. The van der Waals surface area contributed by atoms with E-state index in [-0.39, 0.29) is 11.2 Å². The highest BCUT2D eigenvalue weighted by Crippen LogP contribution is 2.51. The molecule has 2 aliphatic rings. The van der Waals surface area contributed by atoms with Crippen LogP contribution < -0.4 is 5.32 Å². The maximum atomic E-state index is 12.8. The predicted molar refractivity (Wildman–Crippen MR) is 73.5 cm³/mol. The minimum atomic E-state index is -0.164. The normalized spacial score (nSPS) is 31.8. The molecule has 3 heteroatoms. The highest BCUT2D eigenvalue weighted by molar-refractivity contribution is 5.17. The SMILES string of the molecule is CC1(C)C(NCCc2ccc(F)cc2)C2CCOC21. The molecular formula is C16H22FNO. The molecule has 0 bridgehead atoms. The molecule has 3 rings (SSSR count). The highest BCUT2D eigenvalue weighted by Gasteiger charge is 2.58. The van der Waals surface area contributed by atoms with Crippen molar-refractivity contribution in [1.82, 2.24) is 5.32 Å². The van der Waals surface area contributed by atoms with Crippen molar-refractivity contribution in [3.8, 4) is 0 Å². The van der Waals surface area contributed by atoms with Gasteiger partial charge in [-0.15, -0.1) is 0 Å². The van der Waals surface area contributed by atoms with Gasteiger partial charge in [-0.1, -0.05) is 26.0 Å². The van der Waals surface area contributed by atoms with Gasteiger partial charge in [-0.25, -0.2) is 4.39 Å². The maximum Gasteiger partial charge on any atom is 0.123 e. The number of rotatable bonds is 4. The van der Waals surface area contributed by atoms with Gasteiger partial charge in [0.1, 0.15) is 5.82 Å². The lowest BCUT2D eigenvalue weighted by molar-refractivity contribution is -0.112. The Hall–Kier alpha value is -0.930. The molecule has 1 aliphatic heterocycles. The second kappa shape index (κ2) is 4.88. The minimum absolute atomic E-state index is 0.164. The lowest BCUT2D eigenvalue weighted by Crippen LogP contribution is -2.66. The molecule has 1 N–H and O–H groups in total. The molecule has 3 unspecified atom stereocenters. The van der Waals surface area contributed by atoms with E-state index in [2.05, 4.69) is 19.2 Å². The zero-order chi connectivity index (χ0) is 13.5. The van der Waals surface area contributed by atoms with E-state index in [9.17, 15) is 4.39 Å². The van der Waals surface area contributed by atoms with E-state index in [1.54, 1.807) is 0 Å². The fourth-order valence-electron chi connectivity index (χ4n) is 3.76. The van der Waals surface area contributed by atoms with Crippen LogP contribution in [-0.4, -0.2) is 25.3 Å². The number of halogens is 1. The van der Waals surface area contributed by atoms with Gasteiger partial charge in [0.25, 0.3) is 0 Å². The van der Waals surface area contributed by atoms with Crippen molar-refractivity contribution in [2.45, 2.75) is 38.8 Å². The number of nitrogens with one attached hydrogen (secondary N) is 1. The molecule has 0 radical (unpaired) electrons. The van der Waals surface area contributed by atoms with E-state index >= 15 is 0 Å². The topological polar surface area (TPSA) is 21.3 Å². The lowest BCUT2D eigenvalue weighted by atomic mass is 9.57. The molecule has 2 fully saturated rings. The summed E-state index contributed by atoms with van der Waals surface area (Å²) in [7, 11) is 0. The molecule has 0 aromatic heterocycles. The predicted octanol–water partition coefficient (Wildman–Crippen LogP) is 2.77. The molecule has 0 amide bonds. The van der Waals surface area contributed by atoms with Crippen molar-refractivity contribution < 1.29 is 9.13 Å². The zero-order valence-corrected chi connectivity index (χ0v) is 11.7. The second-order valence-corrected chi connectivity index (χ2v) is 6.37. The molecular weight excluding hydrogens is 241 g/mol. The van der Waals surface area contributed by atoms with Crippen molar-refractivity contribution in [2.24, 2.45) is 11.3 Å². The number of hydrogen-bond acceptors (Lipinski definition) is 2. The molecule has 104 valence electrons. The first-order valence-corrected chi connectivity index (χ1v) is 7.18. The van der Waals surface area contributed by atoms with Gasteiger partial charge in [0.2, 0.25) is 0 Å². The van der Waals surface area contributed by atoms with Gasteiger partial charge >= 0.3 is 0 Å². The monoisotopic (exact) mass is 263 g/mol. The summed E-state index contributed by atoms with van der Waals surface area (Å²) in [6.07, 6.45) is 2.57. The third-order valence-corrected chi connectivity index (χ3v) is 4.79. The van der Waals surface area contributed by atoms with Crippen molar-refractivity contribution in [3.63, 3.8) is 0 Å². The van der Waals surface area contributed by atoms with Gasteiger partial charge in [-0.2, -0.15) is 0 Å². The average Bonchev–Trinajstić information content (AvgIpc) is 2.83. The van der Waals surface area contributed by atoms with E-state index < -0.39 is 0 Å². The zero-order valence-electron chi connectivity index (χ0n) is 11.7. The first-order valence-electron chi connectivity index (χ1n) is 7.18. The Bertz CT molecular complexity index is 443. The number of benzene rings is 1. The van der Waals surface area contributed by atoms with Gasteiger partial charge in [-0.05, 0) is 37.1 Å². The van der Waals surface area contributed by atoms with E-state index in [0.717, 1.165) is 19.6 Å². The molecule has 1 heterocycles. The molecule has 1 aliphatic carbocycles. The first kappa shape index (κ1) is 13.1. The standard InChI is InChI=1S/C16H22FNO/c1-16(2)14(13-8-10-19-15(13)16)18-9-7-11-3-5-12(17)6-4-11/h3-6,13-15,18H,7-10H2,1-2H3.